The van der Waals surface area contributed by atoms with Crippen LogP contribution >= 0.6 is 0 Å². The van der Waals surface area contributed by atoms with Crippen LogP contribution in [0, 0.1) is 11.8 Å². The molecule has 5 heteroatoms. The normalized spacial score (nSPS) is 28.0. The van der Waals surface area contributed by atoms with Crippen LogP contribution < -0.4 is 21.7 Å². The van der Waals surface area contributed by atoms with E-state index in [-0.39, 0.29) is 11.3 Å². The van der Waals surface area contributed by atoms with Gasteiger partial charge < -0.3 is 20.0 Å². The van der Waals surface area contributed by atoms with Crippen molar-refractivity contribution in [3.8, 4) is 0 Å². The minimum atomic E-state index is -0.208. The third-order valence-corrected chi connectivity index (χ3v) is 5.64. The van der Waals surface area contributed by atoms with Crippen LogP contribution in [0.2, 0.25) is 0 Å². The molecule has 3 unspecified atom stereocenters. The summed E-state index contributed by atoms with van der Waals surface area (Å²) in [6.07, 6.45) is 11.8. The standard InChI is InChI=1S/C20H33N3O2/c1-5-21-14-17-11-9-10-15(2)20(17,25-4)13-8-6-7-12-18-16(3)22-19(24)23-18/h6,8,12,15,17,21H,3,5,7,9-11,13-14H2,1-2,4H3,(H2,22,23,24)/b8-6-,18-12+. The first kappa shape index (κ1) is 19.7. The van der Waals surface area contributed by atoms with Crippen LogP contribution in [-0.4, -0.2) is 35.8 Å². The van der Waals surface area contributed by atoms with Crippen LogP contribution in [0.3, 0.4) is 0 Å². The molecule has 3 atom stereocenters. The van der Waals surface area contributed by atoms with Gasteiger partial charge in [-0.25, -0.2) is 4.79 Å². The van der Waals surface area contributed by atoms with Gasteiger partial charge in [-0.2, -0.15) is 0 Å². The van der Waals surface area contributed by atoms with Gasteiger partial charge in [0, 0.05) is 19.6 Å². The number of rotatable bonds is 8. The molecule has 1 aliphatic carbocycles. The molecule has 140 valence electrons. The highest BCUT2D eigenvalue weighted by atomic mass is 16.5. The zero-order valence-electron chi connectivity index (χ0n) is 15.9. The van der Waals surface area contributed by atoms with E-state index in [9.17, 15) is 4.79 Å². The molecule has 0 aliphatic heterocycles. The Bertz CT molecular complexity index is 718. The van der Waals surface area contributed by atoms with Gasteiger partial charge in [-0.05, 0) is 38.1 Å². The SMILES string of the molecule is C=c1[nH]c(=O)[nH]/c1=C/C/C=C\CC1(OC)C(C)CCCC1CNCC. The molecule has 0 saturated heterocycles. The first-order valence-corrected chi connectivity index (χ1v) is 9.41. The zero-order chi connectivity index (χ0) is 18.3. The fourth-order valence-corrected chi connectivity index (χ4v) is 4.13. The quantitative estimate of drug-likeness (QED) is 0.627. The summed E-state index contributed by atoms with van der Waals surface area (Å²) in [5.74, 6) is 1.10. The summed E-state index contributed by atoms with van der Waals surface area (Å²) in [4.78, 5) is 16.6. The maximum Gasteiger partial charge on any atom is 0.323 e. The predicted molar refractivity (Wildman–Crippen MR) is 104 cm³/mol. The van der Waals surface area contributed by atoms with Crippen LogP contribution in [-0.2, 0) is 4.74 Å². The van der Waals surface area contributed by atoms with Gasteiger partial charge in [-0.1, -0.05) is 45.1 Å². The second kappa shape index (κ2) is 9.20. The molecule has 0 spiro atoms. The van der Waals surface area contributed by atoms with Crippen LogP contribution in [0.15, 0.2) is 16.9 Å². The largest absolute Gasteiger partial charge is 0.377 e. The number of H-pyrrole nitrogens is 2. The van der Waals surface area contributed by atoms with E-state index in [1.54, 1.807) is 0 Å². The average Bonchev–Trinajstić information content (AvgIpc) is 2.92. The van der Waals surface area contributed by atoms with Crippen molar-refractivity contribution in [1.29, 1.82) is 0 Å². The van der Waals surface area contributed by atoms with Crippen molar-refractivity contribution in [1.82, 2.24) is 15.3 Å². The summed E-state index contributed by atoms with van der Waals surface area (Å²) in [5.41, 5.74) is -0.294. The van der Waals surface area contributed by atoms with Gasteiger partial charge in [0.1, 0.15) is 0 Å². The van der Waals surface area contributed by atoms with Gasteiger partial charge in [0.15, 0.2) is 0 Å². The molecule has 0 amide bonds. The van der Waals surface area contributed by atoms with E-state index >= 15 is 0 Å². The second-order valence-corrected chi connectivity index (χ2v) is 7.08. The van der Waals surface area contributed by atoms with Gasteiger partial charge in [-0.15, -0.1) is 0 Å². The van der Waals surface area contributed by atoms with Crippen molar-refractivity contribution in [3.05, 3.63) is 33.3 Å². The number of methoxy groups -OCH3 is 1. The summed E-state index contributed by atoms with van der Waals surface area (Å²) in [7, 11) is 1.86. The molecule has 0 bridgehead atoms. The van der Waals surface area contributed by atoms with E-state index in [1.165, 1.54) is 19.3 Å². The highest BCUT2D eigenvalue weighted by Gasteiger charge is 2.44. The van der Waals surface area contributed by atoms with E-state index in [0.717, 1.165) is 31.3 Å². The van der Waals surface area contributed by atoms with Crippen molar-refractivity contribution in [2.45, 2.75) is 51.6 Å². The number of aromatic nitrogens is 2. The van der Waals surface area contributed by atoms with E-state index in [2.05, 4.69) is 47.9 Å². The number of hydrogen-bond acceptors (Lipinski definition) is 3. The number of hydrogen-bond donors (Lipinski definition) is 3. The minimum absolute atomic E-state index is 0.0865. The topological polar surface area (TPSA) is 69.9 Å². The van der Waals surface area contributed by atoms with Crippen LogP contribution in [0.4, 0.5) is 0 Å². The first-order valence-electron chi connectivity index (χ1n) is 9.41. The molecule has 2 rings (SSSR count). The van der Waals surface area contributed by atoms with Gasteiger partial charge in [0.2, 0.25) is 0 Å². The summed E-state index contributed by atoms with van der Waals surface area (Å²) in [6, 6.07) is 0. The summed E-state index contributed by atoms with van der Waals surface area (Å²) < 4.78 is 6.12. The number of ether oxygens (including phenoxy) is 1. The summed E-state index contributed by atoms with van der Waals surface area (Å²) in [5, 5.41) is 4.91. The van der Waals surface area contributed by atoms with E-state index in [0.29, 0.717) is 17.2 Å². The lowest BCUT2D eigenvalue weighted by Crippen LogP contribution is -2.51. The van der Waals surface area contributed by atoms with Crippen molar-refractivity contribution in [2.75, 3.05) is 20.2 Å². The number of aromatic amines is 2. The minimum Gasteiger partial charge on any atom is -0.377 e. The maximum absolute atomic E-state index is 11.2. The van der Waals surface area contributed by atoms with Crippen LogP contribution in [0.1, 0.15) is 46.0 Å². The highest BCUT2D eigenvalue weighted by Crippen LogP contribution is 2.43. The Hall–Kier alpha value is -1.59. The number of nitrogens with one attached hydrogen (secondary N) is 3. The van der Waals surface area contributed by atoms with E-state index < -0.39 is 0 Å². The number of allylic oxidation sites excluding steroid dienone is 1. The Balaban J connectivity index is 2.05. The maximum atomic E-state index is 11.2. The third-order valence-electron chi connectivity index (χ3n) is 5.64. The monoisotopic (exact) mass is 347 g/mol. The molecule has 1 aliphatic rings. The molecule has 1 fully saturated rings. The Labute approximate surface area is 150 Å². The Morgan fingerprint density at radius 3 is 2.80 bits per heavy atom. The summed E-state index contributed by atoms with van der Waals surface area (Å²) in [6.45, 7) is 10.3. The van der Waals surface area contributed by atoms with Crippen molar-refractivity contribution in [2.24, 2.45) is 11.8 Å². The van der Waals surface area contributed by atoms with Gasteiger partial charge in [0.25, 0.3) is 0 Å². The zero-order valence-corrected chi connectivity index (χ0v) is 15.9. The second-order valence-electron chi connectivity index (χ2n) is 7.08. The van der Waals surface area contributed by atoms with Crippen molar-refractivity contribution < 1.29 is 4.74 Å². The van der Waals surface area contributed by atoms with Gasteiger partial charge in [0.05, 0.1) is 16.3 Å². The molecule has 1 aromatic rings. The molecule has 5 nitrogen and oxygen atoms in total. The fraction of sp³-hybridized carbons (Fsp3) is 0.650. The van der Waals surface area contributed by atoms with Crippen LogP contribution in [0.5, 0.6) is 0 Å². The highest BCUT2D eigenvalue weighted by molar-refractivity contribution is 5.23. The smallest absolute Gasteiger partial charge is 0.323 e. The lowest BCUT2D eigenvalue weighted by molar-refractivity contribution is -0.115. The Kier molecular flexibility index (Phi) is 7.26. The first-order chi connectivity index (χ1) is 12.0. The lowest BCUT2D eigenvalue weighted by atomic mass is 9.67. The Morgan fingerprint density at radius 1 is 1.36 bits per heavy atom. The van der Waals surface area contributed by atoms with Crippen molar-refractivity contribution in [3.63, 3.8) is 0 Å². The van der Waals surface area contributed by atoms with Gasteiger partial charge >= 0.3 is 5.69 Å². The van der Waals surface area contributed by atoms with E-state index in [1.807, 2.05) is 13.2 Å². The molecule has 1 aromatic heterocycles. The summed E-state index contributed by atoms with van der Waals surface area (Å²) >= 11 is 0. The average molecular weight is 348 g/mol. The van der Waals surface area contributed by atoms with Crippen LogP contribution in [0.25, 0.3) is 12.7 Å². The molecule has 1 saturated carbocycles. The molecule has 25 heavy (non-hydrogen) atoms. The molecule has 1 heterocycles. The molecular weight excluding hydrogens is 314 g/mol. The lowest BCUT2D eigenvalue weighted by Gasteiger charge is -2.47. The van der Waals surface area contributed by atoms with E-state index in [4.69, 9.17) is 4.74 Å². The molecule has 3 N–H and O–H groups in total. The predicted octanol–water partition coefficient (Wildman–Crippen LogP) is 1.66. The van der Waals surface area contributed by atoms with Gasteiger partial charge in [-0.3, -0.25) is 0 Å². The molecule has 0 aromatic carbocycles. The van der Waals surface area contributed by atoms with Crippen molar-refractivity contribution >= 4 is 12.7 Å². The fourth-order valence-electron chi connectivity index (χ4n) is 4.13. The third kappa shape index (κ3) is 4.73. The molecular formula is C20H33N3O2. The number of imidazole rings is 1. The molecule has 0 radical (unpaired) electrons. The Morgan fingerprint density at radius 2 is 2.16 bits per heavy atom.